The van der Waals surface area contributed by atoms with E-state index in [4.69, 9.17) is 0 Å². The number of ether oxygens (including phenoxy) is 1. The number of methoxy groups -OCH3 is 1. The fourth-order valence-corrected chi connectivity index (χ4v) is 1.43. The Labute approximate surface area is 80.1 Å². The first kappa shape index (κ1) is 11.3. The molecule has 0 saturated heterocycles. The second-order valence-corrected chi connectivity index (χ2v) is 3.39. The van der Waals surface area contributed by atoms with Crippen molar-refractivity contribution >= 4 is 11.6 Å². The summed E-state index contributed by atoms with van der Waals surface area (Å²) in [6.07, 6.45) is -4.69. The van der Waals surface area contributed by atoms with Crippen LogP contribution in [0.3, 0.4) is 0 Å². The summed E-state index contributed by atoms with van der Waals surface area (Å²) in [4.78, 5) is 22.5. The molecule has 2 atom stereocenters. The van der Waals surface area contributed by atoms with Gasteiger partial charge in [-0.15, -0.1) is 0 Å². The molecule has 0 aromatic heterocycles. The van der Waals surface area contributed by atoms with Crippen LogP contribution >= 0.6 is 0 Å². The Hall–Kier alpha value is -0.820. The van der Waals surface area contributed by atoms with E-state index in [-0.39, 0.29) is 0 Å². The van der Waals surface area contributed by atoms with Crippen molar-refractivity contribution in [2.45, 2.75) is 30.8 Å². The highest BCUT2D eigenvalue weighted by Gasteiger charge is 2.55. The van der Waals surface area contributed by atoms with Gasteiger partial charge in [0.1, 0.15) is 18.3 Å². The monoisotopic (exact) mass is 204 g/mol. The number of aliphatic hydroxyl groups excluding tert-OH is 2. The Morgan fingerprint density at radius 3 is 1.86 bits per heavy atom. The van der Waals surface area contributed by atoms with Gasteiger partial charge < -0.3 is 20.1 Å². The first-order chi connectivity index (χ1) is 6.34. The number of ketones is 2. The van der Waals surface area contributed by atoms with Crippen LogP contribution in [-0.4, -0.2) is 57.9 Å². The van der Waals surface area contributed by atoms with Crippen LogP contribution in [-0.2, 0) is 14.3 Å². The summed E-state index contributed by atoms with van der Waals surface area (Å²) in [7, 11) is 1.15. The summed E-state index contributed by atoms with van der Waals surface area (Å²) in [6, 6.07) is 0. The van der Waals surface area contributed by atoms with E-state index in [0.29, 0.717) is 0 Å². The van der Waals surface area contributed by atoms with Crippen molar-refractivity contribution in [3.63, 3.8) is 0 Å². The van der Waals surface area contributed by atoms with Crippen molar-refractivity contribution in [2.75, 3.05) is 7.11 Å². The predicted octanol–water partition coefficient (Wildman–Crippen LogP) is -2.37. The molecule has 80 valence electrons. The quantitative estimate of drug-likeness (QED) is 0.412. The highest BCUT2D eigenvalue weighted by Crippen LogP contribution is 2.24. The number of rotatable bonds is 1. The molecule has 0 amide bonds. The molecule has 6 heteroatoms. The number of hydrogen-bond acceptors (Lipinski definition) is 6. The van der Waals surface area contributed by atoms with E-state index in [2.05, 4.69) is 4.74 Å². The number of carbonyl (C=O) groups excluding carboxylic acids is 2. The highest BCUT2D eigenvalue weighted by atomic mass is 16.5. The van der Waals surface area contributed by atoms with Crippen LogP contribution in [0.1, 0.15) is 6.92 Å². The Bertz CT molecular complexity index is 247. The van der Waals surface area contributed by atoms with Gasteiger partial charge in [0.05, 0.1) is 0 Å². The zero-order valence-corrected chi connectivity index (χ0v) is 7.80. The summed E-state index contributed by atoms with van der Waals surface area (Å²) in [5.74, 6) is -2.11. The van der Waals surface area contributed by atoms with Gasteiger partial charge in [-0.25, -0.2) is 0 Å². The smallest absolute Gasteiger partial charge is 0.202 e. The van der Waals surface area contributed by atoms with Crippen molar-refractivity contribution in [2.24, 2.45) is 0 Å². The van der Waals surface area contributed by atoms with Gasteiger partial charge in [0.2, 0.25) is 11.6 Å². The molecule has 1 fully saturated rings. The van der Waals surface area contributed by atoms with Crippen molar-refractivity contribution in [1.29, 1.82) is 0 Å². The second-order valence-electron chi connectivity index (χ2n) is 3.39. The number of aliphatic hydroxyl groups is 3. The Morgan fingerprint density at radius 1 is 1.21 bits per heavy atom. The van der Waals surface area contributed by atoms with E-state index in [9.17, 15) is 24.9 Å². The molecule has 0 heterocycles. The van der Waals surface area contributed by atoms with E-state index in [1.807, 2.05) is 0 Å². The molecular formula is C8H12O6. The molecule has 1 saturated carbocycles. The van der Waals surface area contributed by atoms with E-state index in [1.54, 1.807) is 0 Å². The molecule has 2 unspecified atom stereocenters. The summed E-state index contributed by atoms with van der Waals surface area (Å²) >= 11 is 0. The maximum absolute atomic E-state index is 11.3. The number of Topliss-reactive ketones (excluding diaryl/α,β-unsaturated/α-hetero) is 2. The third-order valence-corrected chi connectivity index (χ3v) is 2.39. The Balaban J connectivity index is 3.06. The summed E-state index contributed by atoms with van der Waals surface area (Å²) in [5.41, 5.74) is -2.34. The molecule has 1 aliphatic rings. The zero-order valence-electron chi connectivity index (χ0n) is 7.80. The van der Waals surface area contributed by atoms with Crippen LogP contribution < -0.4 is 0 Å². The summed E-state index contributed by atoms with van der Waals surface area (Å²) < 4.78 is 4.60. The molecule has 0 aromatic carbocycles. The molecule has 0 bridgehead atoms. The van der Waals surface area contributed by atoms with Gasteiger partial charge in [-0.3, -0.25) is 9.59 Å². The zero-order chi connectivity index (χ0) is 11.1. The molecule has 3 N–H and O–H groups in total. The first-order valence-electron chi connectivity index (χ1n) is 4.04. The van der Waals surface area contributed by atoms with Crippen molar-refractivity contribution in [3.05, 3.63) is 0 Å². The average Bonchev–Trinajstić information content (AvgIpc) is 2.14. The molecule has 0 radical (unpaired) electrons. The summed E-state index contributed by atoms with van der Waals surface area (Å²) in [5, 5.41) is 28.0. The molecule has 0 aromatic rings. The van der Waals surface area contributed by atoms with Crippen LogP contribution in [0.25, 0.3) is 0 Å². The largest absolute Gasteiger partial charge is 0.382 e. The van der Waals surface area contributed by atoms with Gasteiger partial charge >= 0.3 is 0 Å². The minimum absolute atomic E-state index is 0.940. The topological polar surface area (TPSA) is 104 Å². The molecule has 1 aliphatic carbocycles. The van der Waals surface area contributed by atoms with Gasteiger partial charge in [-0.1, -0.05) is 0 Å². The standard InChI is InChI=1S/C8H12O6/c1-8(13)6(11)3(9)5(14-2)4(10)7(8)12/h3-5,9-10,13H,1-2H3. The van der Waals surface area contributed by atoms with Crippen LogP contribution in [0.4, 0.5) is 0 Å². The van der Waals surface area contributed by atoms with E-state index in [1.165, 1.54) is 0 Å². The van der Waals surface area contributed by atoms with E-state index < -0.39 is 35.5 Å². The van der Waals surface area contributed by atoms with Gasteiger partial charge in [0.25, 0.3) is 0 Å². The first-order valence-corrected chi connectivity index (χ1v) is 4.04. The molecule has 14 heavy (non-hydrogen) atoms. The second kappa shape index (κ2) is 3.39. The molecular weight excluding hydrogens is 192 g/mol. The fraction of sp³-hybridized carbons (Fsp3) is 0.750. The minimum atomic E-state index is -2.34. The number of carbonyl (C=O) groups is 2. The minimum Gasteiger partial charge on any atom is -0.382 e. The maximum atomic E-state index is 11.3. The fourth-order valence-electron chi connectivity index (χ4n) is 1.43. The van der Waals surface area contributed by atoms with Crippen molar-refractivity contribution < 1.29 is 29.6 Å². The normalized spacial score (nSPS) is 44.2. The summed E-state index contributed by atoms with van der Waals surface area (Å²) in [6.45, 7) is 0.940. The molecule has 0 spiro atoms. The SMILES string of the molecule is COC1C(O)C(=O)C(C)(O)C(=O)C1O. The van der Waals surface area contributed by atoms with Crippen LogP contribution in [0.15, 0.2) is 0 Å². The third kappa shape index (κ3) is 1.36. The van der Waals surface area contributed by atoms with Gasteiger partial charge in [0, 0.05) is 7.11 Å². The lowest BCUT2D eigenvalue weighted by Crippen LogP contribution is -2.65. The predicted molar refractivity (Wildman–Crippen MR) is 43.4 cm³/mol. The van der Waals surface area contributed by atoms with Gasteiger partial charge in [-0.05, 0) is 6.92 Å². The van der Waals surface area contributed by atoms with E-state index >= 15 is 0 Å². The molecule has 0 aliphatic heterocycles. The average molecular weight is 204 g/mol. The maximum Gasteiger partial charge on any atom is 0.202 e. The van der Waals surface area contributed by atoms with Crippen LogP contribution in [0.5, 0.6) is 0 Å². The molecule has 1 rings (SSSR count). The highest BCUT2D eigenvalue weighted by molar-refractivity contribution is 6.15. The van der Waals surface area contributed by atoms with E-state index in [0.717, 1.165) is 14.0 Å². The number of hydrogen-bond donors (Lipinski definition) is 3. The van der Waals surface area contributed by atoms with Gasteiger partial charge in [-0.2, -0.15) is 0 Å². The van der Waals surface area contributed by atoms with Crippen molar-refractivity contribution in [1.82, 2.24) is 0 Å². The lowest BCUT2D eigenvalue weighted by Gasteiger charge is -2.36. The van der Waals surface area contributed by atoms with Gasteiger partial charge in [0.15, 0.2) is 5.60 Å². The lowest BCUT2D eigenvalue weighted by molar-refractivity contribution is -0.184. The Kier molecular flexibility index (Phi) is 2.73. The molecule has 6 nitrogen and oxygen atoms in total. The van der Waals surface area contributed by atoms with Crippen molar-refractivity contribution in [3.8, 4) is 0 Å². The third-order valence-electron chi connectivity index (χ3n) is 2.39. The Morgan fingerprint density at radius 2 is 1.57 bits per heavy atom. The van der Waals surface area contributed by atoms with Crippen LogP contribution in [0, 0.1) is 0 Å². The lowest BCUT2D eigenvalue weighted by atomic mass is 9.78. The van der Waals surface area contributed by atoms with Crippen LogP contribution in [0.2, 0.25) is 0 Å².